The standard InChI is InChI=1S/C29H35N3O5S/c1-6-25(29(34)30-4)31(19-23-15-11-21(2)12-16-23)28(33)20-32(26-9-7-8-10-27(26)37-5)38(35,36)24-17-13-22(3)14-18-24/h7-18,25H,6,19-20H2,1-5H3,(H,30,34)/t25-/m1/s1. The molecule has 0 heterocycles. The second kappa shape index (κ2) is 12.6. The molecule has 0 aliphatic heterocycles. The monoisotopic (exact) mass is 537 g/mol. The summed E-state index contributed by atoms with van der Waals surface area (Å²) in [6, 6.07) is 20.0. The minimum Gasteiger partial charge on any atom is -0.495 e. The van der Waals surface area contributed by atoms with E-state index in [0.29, 0.717) is 12.2 Å². The summed E-state index contributed by atoms with van der Waals surface area (Å²) in [5, 5.41) is 2.63. The average molecular weight is 538 g/mol. The van der Waals surface area contributed by atoms with E-state index >= 15 is 0 Å². The molecule has 202 valence electrons. The van der Waals surface area contributed by atoms with Crippen molar-refractivity contribution < 1.29 is 22.7 Å². The maximum atomic E-state index is 13.9. The highest BCUT2D eigenvalue weighted by Gasteiger charge is 2.34. The topological polar surface area (TPSA) is 96.0 Å². The Bertz CT molecular complexity index is 1360. The number of hydrogen-bond donors (Lipinski definition) is 1. The van der Waals surface area contributed by atoms with Crippen molar-refractivity contribution in [1.82, 2.24) is 10.2 Å². The van der Waals surface area contributed by atoms with Crippen molar-refractivity contribution >= 4 is 27.5 Å². The minimum absolute atomic E-state index is 0.0465. The number of carbonyl (C=O) groups excluding carboxylic acids is 2. The zero-order valence-corrected chi connectivity index (χ0v) is 23.3. The number of methoxy groups -OCH3 is 1. The van der Waals surface area contributed by atoms with Gasteiger partial charge in [-0.15, -0.1) is 0 Å². The van der Waals surface area contributed by atoms with Gasteiger partial charge in [0.15, 0.2) is 0 Å². The molecule has 1 atom stereocenters. The van der Waals surface area contributed by atoms with Crippen LogP contribution in [0.25, 0.3) is 0 Å². The predicted molar refractivity (Wildman–Crippen MR) is 149 cm³/mol. The first-order valence-corrected chi connectivity index (χ1v) is 13.8. The quantitative estimate of drug-likeness (QED) is 0.398. The Kier molecular flexibility index (Phi) is 9.52. The van der Waals surface area contributed by atoms with Crippen molar-refractivity contribution in [3.8, 4) is 5.75 Å². The van der Waals surface area contributed by atoms with Crippen molar-refractivity contribution in [2.75, 3.05) is 25.0 Å². The number of likely N-dealkylation sites (N-methyl/N-ethyl adjacent to an activating group) is 1. The first kappa shape index (κ1) is 28.7. The number of carbonyl (C=O) groups is 2. The molecule has 0 aliphatic carbocycles. The SMILES string of the molecule is CC[C@H](C(=O)NC)N(Cc1ccc(C)cc1)C(=O)CN(c1ccccc1OC)S(=O)(=O)c1ccc(C)cc1. The van der Waals surface area contributed by atoms with Crippen molar-refractivity contribution in [3.63, 3.8) is 0 Å². The molecule has 0 fully saturated rings. The molecule has 9 heteroatoms. The zero-order chi connectivity index (χ0) is 27.9. The maximum Gasteiger partial charge on any atom is 0.264 e. The highest BCUT2D eigenvalue weighted by molar-refractivity contribution is 7.92. The lowest BCUT2D eigenvalue weighted by Crippen LogP contribution is -2.51. The number of hydrogen-bond acceptors (Lipinski definition) is 5. The van der Waals surface area contributed by atoms with Crippen LogP contribution in [0.2, 0.25) is 0 Å². The van der Waals surface area contributed by atoms with E-state index in [-0.39, 0.29) is 23.0 Å². The fourth-order valence-electron chi connectivity index (χ4n) is 4.16. The van der Waals surface area contributed by atoms with Crippen LogP contribution in [-0.4, -0.2) is 51.9 Å². The van der Waals surface area contributed by atoms with Gasteiger partial charge in [0, 0.05) is 13.6 Å². The molecule has 0 bridgehead atoms. The molecule has 0 aliphatic rings. The zero-order valence-electron chi connectivity index (χ0n) is 22.5. The van der Waals surface area contributed by atoms with Crippen LogP contribution in [0.15, 0.2) is 77.7 Å². The van der Waals surface area contributed by atoms with Gasteiger partial charge < -0.3 is 15.0 Å². The van der Waals surface area contributed by atoms with Crippen LogP contribution < -0.4 is 14.4 Å². The summed E-state index contributed by atoms with van der Waals surface area (Å²) in [7, 11) is -1.20. The van der Waals surface area contributed by atoms with E-state index in [1.807, 2.05) is 45.0 Å². The fraction of sp³-hybridized carbons (Fsp3) is 0.310. The highest BCUT2D eigenvalue weighted by atomic mass is 32.2. The molecule has 8 nitrogen and oxygen atoms in total. The summed E-state index contributed by atoms with van der Waals surface area (Å²) in [4.78, 5) is 28.2. The van der Waals surface area contributed by atoms with Gasteiger partial charge in [0.2, 0.25) is 11.8 Å². The number of para-hydroxylation sites is 2. The van der Waals surface area contributed by atoms with Crippen molar-refractivity contribution in [1.29, 1.82) is 0 Å². The van der Waals surface area contributed by atoms with Crippen LogP contribution >= 0.6 is 0 Å². The minimum atomic E-state index is -4.16. The van der Waals surface area contributed by atoms with Gasteiger partial charge >= 0.3 is 0 Å². The van der Waals surface area contributed by atoms with Crippen LogP contribution in [0.5, 0.6) is 5.75 Å². The summed E-state index contributed by atoms with van der Waals surface area (Å²) in [6.45, 7) is 5.28. The van der Waals surface area contributed by atoms with Crippen LogP contribution in [0.4, 0.5) is 5.69 Å². The third-order valence-corrected chi connectivity index (χ3v) is 8.12. The van der Waals surface area contributed by atoms with Crippen molar-refractivity contribution in [3.05, 3.63) is 89.5 Å². The molecule has 3 aromatic carbocycles. The van der Waals surface area contributed by atoms with Crippen molar-refractivity contribution in [2.24, 2.45) is 0 Å². The fourth-order valence-corrected chi connectivity index (χ4v) is 5.59. The Balaban J connectivity index is 2.09. The van der Waals surface area contributed by atoms with Gasteiger partial charge in [-0.25, -0.2) is 8.42 Å². The van der Waals surface area contributed by atoms with E-state index in [4.69, 9.17) is 4.74 Å². The van der Waals surface area contributed by atoms with Crippen molar-refractivity contribution in [2.45, 2.75) is 44.7 Å². The summed E-state index contributed by atoms with van der Waals surface area (Å²) in [6.07, 6.45) is 0.358. The third kappa shape index (κ3) is 6.52. The number of sulfonamides is 1. The van der Waals surface area contributed by atoms with Gasteiger partial charge in [0.05, 0.1) is 17.7 Å². The van der Waals surface area contributed by atoms with Crippen LogP contribution in [0.3, 0.4) is 0 Å². The number of benzene rings is 3. The Morgan fingerprint density at radius 3 is 2.05 bits per heavy atom. The summed E-state index contributed by atoms with van der Waals surface area (Å²) >= 11 is 0. The van der Waals surface area contributed by atoms with E-state index in [9.17, 15) is 18.0 Å². The molecule has 0 aromatic heterocycles. The lowest BCUT2D eigenvalue weighted by molar-refractivity contribution is -0.140. The van der Waals surface area contributed by atoms with Gasteiger partial charge in [0.1, 0.15) is 18.3 Å². The van der Waals surface area contributed by atoms with Crippen LogP contribution in [0.1, 0.15) is 30.0 Å². The summed E-state index contributed by atoms with van der Waals surface area (Å²) < 4.78 is 34.3. The van der Waals surface area contributed by atoms with E-state index in [1.165, 1.54) is 31.2 Å². The number of amides is 2. The molecule has 2 amide bonds. The Hall–Kier alpha value is -3.85. The molecule has 0 saturated carbocycles. The molecule has 38 heavy (non-hydrogen) atoms. The second-order valence-electron chi connectivity index (χ2n) is 9.04. The number of aryl methyl sites for hydroxylation is 2. The Labute approximate surface area is 225 Å². The lowest BCUT2D eigenvalue weighted by Gasteiger charge is -2.33. The lowest BCUT2D eigenvalue weighted by atomic mass is 10.1. The first-order valence-electron chi connectivity index (χ1n) is 12.4. The molecule has 3 rings (SSSR count). The highest BCUT2D eigenvalue weighted by Crippen LogP contribution is 2.32. The van der Waals surface area contributed by atoms with Gasteiger partial charge in [-0.3, -0.25) is 13.9 Å². The molecule has 0 radical (unpaired) electrons. The Morgan fingerprint density at radius 1 is 0.921 bits per heavy atom. The van der Waals surface area contributed by atoms with Crippen LogP contribution in [-0.2, 0) is 26.2 Å². The van der Waals surface area contributed by atoms with Gasteiger partial charge in [-0.1, -0.05) is 66.6 Å². The number of rotatable bonds is 11. The van der Waals surface area contributed by atoms with Crippen LogP contribution in [0, 0.1) is 13.8 Å². The Morgan fingerprint density at radius 2 is 1.50 bits per heavy atom. The van der Waals surface area contributed by atoms with E-state index in [0.717, 1.165) is 21.0 Å². The largest absolute Gasteiger partial charge is 0.495 e. The molecule has 0 saturated heterocycles. The number of ether oxygens (including phenoxy) is 1. The molecule has 0 unspecified atom stereocenters. The summed E-state index contributed by atoms with van der Waals surface area (Å²) in [5.41, 5.74) is 3.03. The number of anilines is 1. The number of nitrogens with one attached hydrogen (secondary N) is 1. The number of nitrogens with zero attached hydrogens (tertiary/aromatic N) is 2. The summed E-state index contributed by atoms with van der Waals surface area (Å²) in [5.74, 6) is -0.528. The molecule has 1 N–H and O–H groups in total. The molecule has 0 spiro atoms. The maximum absolute atomic E-state index is 13.9. The van der Waals surface area contributed by atoms with Gasteiger partial charge in [-0.2, -0.15) is 0 Å². The van der Waals surface area contributed by atoms with Gasteiger partial charge in [0.25, 0.3) is 10.0 Å². The van der Waals surface area contributed by atoms with E-state index in [2.05, 4.69) is 5.32 Å². The molecular formula is C29H35N3O5S. The van der Waals surface area contributed by atoms with E-state index < -0.39 is 28.5 Å². The van der Waals surface area contributed by atoms with Gasteiger partial charge in [-0.05, 0) is 50.1 Å². The first-order chi connectivity index (χ1) is 18.1. The smallest absolute Gasteiger partial charge is 0.264 e. The normalized spacial score (nSPS) is 11.9. The average Bonchev–Trinajstić information content (AvgIpc) is 2.92. The van der Waals surface area contributed by atoms with E-state index in [1.54, 1.807) is 36.4 Å². The predicted octanol–water partition coefficient (Wildman–Crippen LogP) is 4.06. The molecular weight excluding hydrogens is 502 g/mol. The second-order valence-corrected chi connectivity index (χ2v) is 10.9. The third-order valence-electron chi connectivity index (χ3n) is 6.35. The molecule has 3 aromatic rings.